The highest BCUT2D eigenvalue weighted by molar-refractivity contribution is 5.95. The number of rotatable bonds is 8. The first-order valence-electron chi connectivity index (χ1n) is 12.5. The normalized spacial score (nSPS) is 24.0. The van der Waals surface area contributed by atoms with Crippen LogP contribution in [0.15, 0.2) is 60.2 Å². The Balaban J connectivity index is 1.61. The lowest BCUT2D eigenvalue weighted by Crippen LogP contribution is -2.55. The Morgan fingerprint density at radius 3 is 2.17 bits per heavy atom. The molecular weight excluding hydrogens is 540 g/mol. The van der Waals surface area contributed by atoms with Crippen molar-refractivity contribution in [2.45, 2.75) is 24.5 Å². The standard InChI is InChI=1S/C29H28O12/c1-39-28(37)21(10-13-3-6-17(30)19(32)9-13)41-22(34)8-5-14-11-16-23(15-4-7-18(31)20(33)12-15)25(29(38)40-2)24(14)27(36)26(16)35/h3-9,11-12,16,21,23-25,27,30-33,36H,10H2,1-2H3/b8-5+/t16?,21?,23?,24?,25?,27-/m0/s1. The molecule has 3 aliphatic carbocycles. The van der Waals surface area contributed by atoms with Crippen molar-refractivity contribution in [2.24, 2.45) is 17.8 Å². The van der Waals surface area contributed by atoms with Crippen molar-refractivity contribution in [1.82, 2.24) is 0 Å². The Morgan fingerprint density at radius 1 is 0.902 bits per heavy atom. The van der Waals surface area contributed by atoms with Gasteiger partial charge in [-0.05, 0) is 41.0 Å². The molecule has 12 nitrogen and oxygen atoms in total. The number of esters is 3. The number of aromatic hydroxyl groups is 4. The lowest BCUT2D eigenvalue weighted by Gasteiger charge is -2.47. The van der Waals surface area contributed by atoms with E-state index in [0.717, 1.165) is 20.3 Å². The Morgan fingerprint density at radius 2 is 1.56 bits per heavy atom. The highest BCUT2D eigenvalue weighted by Gasteiger charge is 2.56. The summed E-state index contributed by atoms with van der Waals surface area (Å²) in [6, 6.07) is 7.75. The maximum Gasteiger partial charge on any atom is 0.347 e. The lowest BCUT2D eigenvalue weighted by molar-refractivity contribution is -0.162. The van der Waals surface area contributed by atoms with Gasteiger partial charge in [-0.1, -0.05) is 24.3 Å². The van der Waals surface area contributed by atoms with Gasteiger partial charge in [0.25, 0.3) is 0 Å². The molecule has 5 rings (SSSR count). The predicted octanol–water partition coefficient (Wildman–Crippen LogP) is 1.38. The molecule has 0 aromatic heterocycles. The summed E-state index contributed by atoms with van der Waals surface area (Å²) in [7, 11) is 2.26. The van der Waals surface area contributed by atoms with Gasteiger partial charge in [-0.25, -0.2) is 9.59 Å². The number of phenols is 4. The number of fused-ring (bicyclic) bond motifs is 2. The number of ketones is 1. The van der Waals surface area contributed by atoms with Crippen LogP contribution in [0.3, 0.4) is 0 Å². The molecule has 1 saturated carbocycles. The van der Waals surface area contributed by atoms with E-state index in [1.54, 1.807) is 0 Å². The van der Waals surface area contributed by atoms with Crippen LogP contribution in [0, 0.1) is 17.8 Å². The number of hydrogen-bond acceptors (Lipinski definition) is 12. The third kappa shape index (κ3) is 5.73. The number of carbonyl (C=O) groups excluding carboxylic acids is 4. The maximum absolute atomic E-state index is 13.0. The molecule has 41 heavy (non-hydrogen) atoms. The van der Waals surface area contributed by atoms with Gasteiger partial charge in [0, 0.05) is 30.3 Å². The number of aliphatic hydroxyl groups is 1. The van der Waals surface area contributed by atoms with Crippen molar-refractivity contribution >= 4 is 23.7 Å². The van der Waals surface area contributed by atoms with Crippen molar-refractivity contribution in [2.75, 3.05) is 14.2 Å². The molecule has 2 aromatic rings. The first kappa shape index (κ1) is 29.2. The van der Waals surface area contributed by atoms with E-state index in [-0.39, 0.29) is 23.5 Å². The molecule has 0 saturated heterocycles. The predicted molar refractivity (Wildman–Crippen MR) is 139 cm³/mol. The average molecular weight is 569 g/mol. The van der Waals surface area contributed by atoms with Gasteiger partial charge in [-0.3, -0.25) is 9.59 Å². The molecule has 12 heteroatoms. The van der Waals surface area contributed by atoms with Crippen molar-refractivity contribution in [1.29, 1.82) is 0 Å². The first-order chi connectivity index (χ1) is 19.5. The fraction of sp³-hybridized carbons (Fsp3) is 0.310. The molecule has 0 radical (unpaired) electrons. The van der Waals surface area contributed by atoms with Gasteiger partial charge < -0.3 is 39.7 Å². The third-order valence-corrected chi connectivity index (χ3v) is 7.33. The Kier molecular flexibility index (Phi) is 8.33. The minimum atomic E-state index is -1.59. The summed E-state index contributed by atoms with van der Waals surface area (Å²) in [6.07, 6.45) is 0.595. The number of benzene rings is 2. The molecule has 0 spiro atoms. The van der Waals surface area contributed by atoms with E-state index in [1.165, 1.54) is 48.6 Å². The van der Waals surface area contributed by atoms with Gasteiger partial charge in [-0.2, -0.15) is 0 Å². The molecule has 6 atom stereocenters. The number of aliphatic hydroxyl groups excluding tert-OH is 1. The van der Waals surface area contributed by atoms with E-state index in [2.05, 4.69) is 0 Å². The molecule has 5 unspecified atom stereocenters. The minimum Gasteiger partial charge on any atom is -0.504 e. The largest absolute Gasteiger partial charge is 0.504 e. The Hall–Kier alpha value is -4.84. The van der Waals surface area contributed by atoms with Crippen molar-refractivity contribution in [3.05, 3.63) is 71.3 Å². The smallest absolute Gasteiger partial charge is 0.347 e. The molecule has 3 aliphatic rings. The zero-order valence-electron chi connectivity index (χ0n) is 22.0. The van der Waals surface area contributed by atoms with Crippen LogP contribution in [0.4, 0.5) is 0 Å². The molecule has 0 heterocycles. The monoisotopic (exact) mass is 568 g/mol. The van der Waals surface area contributed by atoms with E-state index < -0.39 is 71.1 Å². The highest BCUT2D eigenvalue weighted by Crippen LogP contribution is 2.52. The number of carbonyl (C=O) groups is 4. The zero-order valence-corrected chi connectivity index (χ0v) is 22.0. The van der Waals surface area contributed by atoms with E-state index >= 15 is 0 Å². The van der Waals surface area contributed by atoms with Crippen LogP contribution in [0.2, 0.25) is 0 Å². The van der Waals surface area contributed by atoms with Crippen molar-refractivity contribution in [3.63, 3.8) is 0 Å². The zero-order chi connectivity index (χ0) is 30.0. The fourth-order valence-corrected chi connectivity index (χ4v) is 5.40. The summed E-state index contributed by atoms with van der Waals surface area (Å²) in [5, 5.41) is 49.7. The molecule has 0 aliphatic heterocycles. The Bertz CT molecular complexity index is 1440. The summed E-state index contributed by atoms with van der Waals surface area (Å²) < 4.78 is 14.9. The number of Topliss-reactive ketones (excluding diaryl/α,β-unsaturated/α-hetero) is 1. The molecule has 2 aromatic carbocycles. The second kappa shape index (κ2) is 11.7. The quantitative estimate of drug-likeness (QED) is 0.133. The molecular formula is C29H28O12. The molecule has 2 bridgehead atoms. The van der Waals surface area contributed by atoms with Gasteiger partial charge >= 0.3 is 17.9 Å². The van der Waals surface area contributed by atoms with Crippen LogP contribution in [-0.2, 0) is 39.8 Å². The lowest BCUT2D eigenvalue weighted by atomic mass is 9.56. The number of allylic oxidation sites excluding steroid dienone is 2. The van der Waals surface area contributed by atoms with Gasteiger partial charge in [0.15, 0.2) is 28.8 Å². The number of hydrogen-bond donors (Lipinski definition) is 5. The fourth-order valence-electron chi connectivity index (χ4n) is 5.40. The highest BCUT2D eigenvalue weighted by atomic mass is 16.6. The van der Waals surface area contributed by atoms with Crippen LogP contribution in [-0.4, -0.2) is 75.7 Å². The van der Waals surface area contributed by atoms with Crippen molar-refractivity contribution in [3.8, 4) is 23.0 Å². The number of ether oxygens (including phenoxy) is 3. The number of phenolic OH excluding ortho intramolecular Hbond substituents is 4. The molecule has 216 valence electrons. The third-order valence-electron chi connectivity index (χ3n) is 7.33. The minimum absolute atomic E-state index is 0.174. The van der Waals surface area contributed by atoms with E-state index in [4.69, 9.17) is 14.2 Å². The van der Waals surface area contributed by atoms with E-state index in [0.29, 0.717) is 11.1 Å². The summed E-state index contributed by atoms with van der Waals surface area (Å²) in [5.74, 6) is -8.80. The molecule has 1 fully saturated rings. The maximum atomic E-state index is 13.0. The first-order valence-corrected chi connectivity index (χ1v) is 12.5. The van der Waals surface area contributed by atoms with Gasteiger partial charge in [0.05, 0.1) is 20.1 Å². The van der Waals surface area contributed by atoms with Crippen LogP contribution in [0.5, 0.6) is 23.0 Å². The topological polar surface area (TPSA) is 197 Å². The Labute approximate surface area is 233 Å². The van der Waals surface area contributed by atoms with E-state index in [1.807, 2.05) is 0 Å². The summed E-state index contributed by atoms with van der Waals surface area (Å²) >= 11 is 0. The van der Waals surface area contributed by atoms with Gasteiger partial charge in [-0.15, -0.1) is 0 Å². The van der Waals surface area contributed by atoms with Gasteiger partial charge in [0.1, 0.15) is 6.10 Å². The second-order valence-corrected chi connectivity index (χ2v) is 9.70. The molecule has 0 amide bonds. The van der Waals surface area contributed by atoms with E-state index in [9.17, 15) is 44.7 Å². The van der Waals surface area contributed by atoms with Crippen LogP contribution in [0.25, 0.3) is 0 Å². The van der Waals surface area contributed by atoms with Crippen molar-refractivity contribution < 1.29 is 58.9 Å². The van der Waals surface area contributed by atoms with Crippen LogP contribution >= 0.6 is 0 Å². The van der Waals surface area contributed by atoms with Crippen LogP contribution < -0.4 is 0 Å². The summed E-state index contributed by atoms with van der Waals surface area (Å²) in [5.41, 5.74) is 1.02. The average Bonchev–Trinajstić information content (AvgIpc) is 2.95. The number of methoxy groups -OCH3 is 2. The van der Waals surface area contributed by atoms with Crippen LogP contribution in [0.1, 0.15) is 17.0 Å². The van der Waals surface area contributed by atoms with Gasteiger partial charge in [0.2, 0.25) is 6.10 Å². The SMILES string of the molecule is COC(=O)C(Cc1ccc(O)c(O)c1)OC(=O)/C=C/C1=CC2C(=O)[C@@H](O)C1C(C(=O)OC)C2c1ccc(O)c(O)c1. The molecule has 5 N–H and O–H groups in total. The summed E-state index contributed by atoms with van der Waals surface area (Å²) in [4.78, 5) is 50.8. The summed E-state index contributed by atoms with van der Waals surface area (Å²) in [6.45, 7) is 0. The second-order valence-electron chi connectivity index (χ2n) is 9.70.